The van der Waals surface area contributed by atoms with Crippen molar-refractivity contribution in [2.75, 3.05) is 6.54 Å². The van der Waals surface area contributed by atoms with Crippen molar-refractivity contribution in [3.05, 3.63) is 14.7 Å². The Morgan fingerprint density at radius 3 is 2.71 bits per heavy atom. The molecule has 2 aliphatic rings. The van der Waals surface area contributed by atoms with Crippen molar-refractivity contribution >= 4 is 37.3 Å². The van der Waals surface area contributed by atoms with E-state index in [4.69, 9.17) is 0 Å². The topological polar surface area (TPSA) is 58.2 Å². The monoisotopic (exact) mass is 392 g/mol. The third-order valence-electron chi connectivity index (χ3n) is 3.92. The van der Waals surface area contributed by atoms with E-state index in [1.807, 2.05) is 0 Å². The molecule has 21 heavy (non-hydrogen) atoms. The van der Waals surface area contributed by atoms with Gasteiger partial charge in [0.25, 0.3) is 0 Å². The summed E-state index contributed by atoms with van der Waals surface area (Å²) < 4.78 is 28.1. The molecular formula is C14H21BrN2O2S2. The van der Waals surface area contributed by atoms with Gasteiger partial charge >= 0.3 is 0 Å². The summed E-state index contributed by atoms with van der Waals surface area (Å²) in [5, 5.41) is 3.41. The lowest BCUT2D eigenvalue weighted by molar-refractivity contribution is 0.572. The first-order chi connectivity index (χ1) is 10.0. The smallest absolute Gasteiger partial charge is 0.242 e. The Morgan fingerprint density at radius 2 is 2.05 bits per heavy atom. The molecule has 0 unspecified atom stereocenters. The summed E-state index contributed by atoms with van der Waals surface area (Å²) in [5.41, 5.74) is 0. The highest BCUT2D eigenvalue weighted by Crippen LogP contribution is 2.34. The van der Waals surface area contributed by atoms with Gasteiger partial charge in [-0.2, -0.15) is 0 Å². The average Bonchev–Trinajstić information content (AvgIpc) is 3.33. The molecule has 0 spiro atoms. The number of hydrogen-bond acceptors (Lipinski definition) is 4. The summed E-state index contributed by atoms with van der Waals surface area (Å²) in [4.78, 5) is 1.44. The van der Waals surface area contributed by atoms with Gasteiger partial charge in [-0.25, -0.2) is 13.1 Å². The second-order valence-electron chi connectivity index (χ2n) is 5.99. The van der Waals surface area contributed by atoms with Gasteiger partial charge in [-0.1, -0.05) is 12.8 Å². The van der Waals surface area contributed by atoms with Gasteiger partial charge in [-0.3, -0.25) is 0 Å². The molecule has 0 bridgehead atoms. The fourth-order valence-corrected chi connectivity index (χ4v) is 5.99. The van der Waals surface area contributed by atoms with Crippen molar-refractivity contribution in [1.82, 2.24) is 10.0 Å². The van der Waals surface area contributed by atoms with Gasteiger partial charge in [0.05, 0.1) is 3.79 Å². The summed E-state index contributed by atoms with van der Waals surface area (Å²) in [6, 6.07) is 2.42. The van der Waals surface area contributed by atoms with Crippen LogP contribution in [0.3, 0.4) is 0 Å². The second kappa shape index (κ2) is 6.66. The Labute approximate surface area is 138 Å². The van der Waals surface area contributed by atoms with Gasteiger partial charge in [0.2, 0.25) is 10.0 Å². The van der Waals surface area contributed by atoms with E-state index < -0.39 is 10.0 Å². The molecule has 0 aromatic carbocycles. The molecule has 7 heteroatoms. The van der Waals surface area contributed by atoms with Gasteiger partial charge in [-0.15, -0.1) is 11.3 Å². The minimum absolute atomic E-state index is 0.381. The number of hydrogen-bond donors (Lipinski definition) is 2. The first kappa shape index (κ1) is 15.9. The summed E-state index contributed by atoms with van der Waals surface area (Å²) in [7, 11) is -3.38. The number of nitrogens with one attached hydrogen (secondary N) is 2. The van der Waals surface area contributed by atoms with Gasteiger partial charge in [0, 0.05) is 24.0 Å². The standard InChI is InChI=1S/C14H21BrN2O2S2/c15-14-13(8-12(20-14)9-16-11-5-6-11)21(18,19)17-7-1-2-10-3-4-10/h8,10-11,16-17H,1-7,9H2. The zero-order valence-corrected chi connectivity index (χ0v) is 15.1. The van der Waals surface area contributed by atoms with Crippen LogP contribution in [0.1, 0.15) is 43.4 Å². The molecule has 2 saturated carbocycles. The van der Waals surface area contributed by atoms with Crippen LogP contribution < -0.4 is 10.0 Å². The molecule has 0 amide bonds. The van der Waals surface area contributed by atoms with Crippen LogP contribution in [0.2, 0.25) is 0 Å². The second-order valence-corrected chi connectivity index (χ2v) is 10.2. The lowest BCUT2D eigenvalue weighted by Gasteiger charge is -2.05. The van der Waals surface area contributed by atoms with E-state index in [2.05, 4.69) is 26.0 Å². The number of sulfonamides is 1. The highest BCUT2D eigenvalue weighted by Gasteiger charge is 2.24. The largest absolute Gasteiger partial charge is 0.309 e. The molecule has 1 aromatic rings. The average molecular weight is 393 g/mol. The van der Waals surface area contributed by atoms with E-state index in [0.29, 0.717) is 21.3 Å². The number of rotatable bonds is 9. The highest BCUT2D eigenvalue weighted by atomic mass is 79.9. The van der Waals surface area contributed by atoms with Gasteiger partial charge < -0.3 is 5.32 Å². The highest BCUT2D eigenvalue weighted by molar-refractivity contribution is 9.11. The Kier molecular flexibility index (Phi) is 5.05. The van der Waals surface area contributed by atoms with E-state index in [1.54, 1.807) is 6.07 Å². The Morgan fingerprint density at radius 1 is 1.29 bits per heavy atom. The van der Waals surface area contributed by atoms with Crippen LogP contribution >= 0.6 is 27.3 Å². The lowest BCUT2D eigenvalue weighted by Crippen LogP contribution is -2.24. The van der Waals surface area contributed by atoms with Crippen LogP contribution in [0.5, 0.6) is 0 Å². The van der Waals surface area contributed by atoms with Crippen molar-refractivity contribution in [1.29, 1.82) is 0 Å². The zero-order valence-electron chi connectivity index (χ0n) is 11.9. The Balaban J connectivity index is 1.54. The van der Waals surface area contributed by atoms with Gasteiger partial charge in [0.15, 0.2) is 0 Å². The normalized spacial score (nSPS) is 19.1. The van der Waals surface area contributed by atoms with E-state index in [0.717, 1.165) is 30.2 Å². The van der Waals surface area contributed by atoms with Crippen molar-refractivity contribution in [2.45, 2.75) is 56.0 Å². The first-order valence-electron chi connectivity index (χ1n) is 7.56. The molecule has 3 rings (SSSR count). The summed E-state index contributed by atoms with van der Waals surface area (Å²) >= 11 is 4.89. The Hall–Kier alpha value is 0.0500. The predicted octanol–water partition coefficient (Wildman–Crippen LogP) is 3.23. The maximum atomic E-state index is 12.3. The minimum Gasteiger partial charge on any atom is -0.309 e. The van der Waals surface area contributed by atoms with Crippen molar-refractivity contribution in [2.24, 2.45) is 5.92 Å². The molecule has 1 heterocycles. The molecule has 1 aromatic heterocycles. The molecule has 4 nitrogen and oxygen atoms in total. The lowest BCUT2D eigenvalue weighted by atomic mass is 10.2. The van der Waals surface area contributed by atoms with Crippen LogP contribution in [0, 0.1) is 5.92 Å². The van der Waals surface area contributed by atoms with E-state index >= 15 is 0 Å². The van der Waals surface area contributed by atoms with Crippen LogP contribution in [0.15, 0.2) is 14.7 Å². The van der Waals surface area contributed by atoms with E-state index in [1.165, 1.54) is 37.0 Å². The van der Waals surface area contributed by atoms with Crippen molar-refractivity contribution in [3.63, 3.8) is 0 Å². The van der Waals surface area contributed by atoms with E-state index in [9.17, 15) is 8.42 Å². The predicted molar refractivity (Wildman–Crippen MR) is 89.0 cm³/mol. The summed E-state index contributed by atoms with van der Waals surface area (Å²) in [5.74, 6) is 0.850. The third kappa shape index (κ3) is 4.76. The van der Waals surface area contributed by atoms with Gasteiger partial charge in [-0.05, 0) is 53.6 Å². The molecule has 0 saturated heterocycles. The molecule has 0 aliphatic heterocycles. The van der Waals surface area contributed by atoms with E-state index in [-0.39, 0.29) is 0 Å². The van der Waals surface area contributed by atoms with Crippen molar-refractivity contribution < 1.29 is 8.42 Å². The van der Waals surface area contributed by atoms with Crippen LogP contribution in [0.4, 0.5) is 0 Å². The maximum absolute atomic E-state index is 12.3. The zero-order chi connectivity index (χ0) is 14.9. The van der Waals surface area contributed by atoms with Crippen molar-refractivity contribution in [3.8, 4) is 0 Å². The summed E-state index contributed by atoms with van der Waals surface area (Å²) in [6.07, 6.45) is 7.19. The minimum atomic E-state index is -3.38. The molecule has 2 aliphatic carbocycles. The summed E-state index contributed by atoms with van der Waals surface area (Å²) in [6.45, 7) is 1.29. The molecule has 0 radical (unpaired) electrons. The molecule has 2 fully saturated rings. The fourth-order valence-electron chi connectivity index (χ4n) is 2.28. The van der Waals surface area contributed by atoms with Crippen LogP contribution in [-0.2, 0) is 16.6 Å². The van der Waals surface area contributed by atoms with Crippen LogP contribution in [-0.4, -0.2) is 21.0 Å². The number of halogens is 1. The molecular weight excluding hydrogens is 372 g/mol. The SMILES string of the molecule is O=S(=O)(NCCCC1CC1)c1cc(CNC2CC2)sc1Br. The maximum Gasteiger partial charge on any atom is 0.242 e. The fraction of sp³-hybridized carbons (Fsp3) is 0.714. The van der Waals surface area contributed by atoms with Crippen LogP contribution in [0.25, 0.3) is 0 Å². The first-order valence-corrected chi connectivity index (χ1v) is 10.6. The molecule has 2 N–H and O–H groups in total. The quantitative estimate of drug-likeness (QED) is 0.634. The Bertz CT molecular complexity index is 592. The number of thiophene rings is 1. The molecule has 0 atom stereocenters. The molecule has 118 valence electrons. The van der Waals surface area contributed by atoms with Gasteiger partial charge in [0.1, 0.15) is 4.90 Å². The third-order valence-corrected chi connectivity index (χ3v) is 7.63.